The Balaban J connectivity index is 1.47. The predicted octanol–water partition coefficient (Wildman–Crippen LogP) is 4.18. The predicted molar refractivity (Wildman–Crippen MR) is 131 cm³/mol. The molecule has 0 saturated carbocycles. The van der Waals surface area contributed by atoms with Crippen molar-refractivity contribution < 1.29 is 14.6 Å². The summed E-state index contributed by atoms with van der Waals surface area (Å²) in [7, 11) is 1.67. The number of methoxy groups -OCH3 is 1. The number of aromatic carboxylic acids is 1. The van der Waals surface area contributed by atoms with E-state index < -0.39 is 5.97 Å². The van der Waals surface area contributed by atoms with E-state index in [2.05, 4.69) is 39.4 Å². The summed E-state index contributed by atoms with van der Waals surface area (Å²) >= 11 is 0. The van der Waals surface area contributed by atoms with Crippen LogP contribution in [0.25, 0.3) is 0 Å². The first-order valence-corrected chi connectivity index (χ1v) is 10.9. The highest BCUT2D eigenvalue weighted by molar-refractivity contribution is 5.95. The number of ether oxygens (including phenoxy) is 1. The van der Waals surface area contributed by atoms with Gasteiger partial charge in [0.15, 0.2) is 5.96 Å². The summed E-state index contributed by atoms with van der Waals surface area (Å²) in [6, 6.07) is 25.0. The quantitative estimate of drug-likeness (QED) is 0.439. The van der Waals surface area contributed by atoms with Gasteiger partial charge in [0.2, 0.25) is 0 Å². The summed E-state index contributed by atoms with van der Waals surface area (Å²) in [5.41, 5.74) is 3.38. The average Bonchev–Trinajstić information content (AvgIpc) is 2.87. The number of carboxylic acids is 1. The molecule has 0 aliphatic carbocycles. The average molecular weight is 445 g/mol. The Morgan fingerprint density at radius 1 is 0.939 bits per heavy atom. The molecule has 0 radical (unpaired) electrons. The monoisotopic (exact) mass is 444 g/mol. The molecule has 0 spiro atoms. The zero-order valence-corrected chi connectivity index (χ0v) is 18.6. The molecule has 33 heavy (non-hydrogen) atoms. The second-order valence-corrected chi connectivity index (χ2v) is 7.81. The molecule has 0 aromatic heterocycles. The molecule has 7 heteroatoms. The first kappa shape index (κ1) is 22.2. The van der Waals surface area contributed by atoms with Crippen LogP contribution in [0, 0.1) is 0 Å². The highest BCUT2D eigenvalue weighted by atomic mass is 16.5. The smallest absolute Gasteiger partial charge is 0.335 e. The van der Waals surface area contributed by atoms with Gasteiger partial charge in [-0.05, 0) is 54.1 Å². The Morgan fingerprint density at radius 2 is 1.61 bits per heavy atom. The number of rotatable bonds is 6. The molecule has 2 N–H and O–H groups in total. The van der Waals surface area contributed by atoms with Crippen molar-refractivity contribution in [2.45, 2.75) is 6.54 Å². The molecule has 1 heterocycles. The molecule has 1 saturated heterocycles. The molecule has 1 aliphatic heterocycles. The first-order valence-electron chi connectivity index (χ1n) is 10.9. The maximum absolute atomic E-state index is 11.2. The van der Waals surface area contributed by atoms with Gasteiger partial charge in [-0.2, -0.15) is 0 Å². The summed E-state index contributed by atoms with van der Waals surface area (Å²) in [5, 5.41) is 12.6. The lowest BCUT2D eigenvalue weighted by Crippen LogP contribution is -2.50. The molecular weight excluding hydrogens is 416 g/mol. The van der Waals surface area contributed by atoms with Gasteiger partial charge in [-0.25, -0.2) is 9.79 Å². The van der Waals surface area contributed by atoms with Crippen molar-refractivity contribution in [3.8, 4) is 5.75 Å². The van der Waals surface area contributed by atoms with Crippen molar-refractivity contribution in [1.29, 1.82) is 0 Å². The Labute approximate surface area is 193 Å². The van der Waals surface area contributed by atoms with Crippen LogP contribution in [0.3, 0.4) is 0 Å². The van der Waals surface area contributed by atoms with E-state index in [4.69, 9.17) is 14.8 Å². The highest BCUT2D eigenvalue weighted by Crippen LogP contribution is 2.21. The summed E-state index contributed by atoms with van der Waals surface area (Å²) in [4.78, 5) is 20.6. The van der Waals surface area contributed by atoms with E-state index in [1.165, 1.54) is 5.69 Å². The van der Waals surface area contributed by atoms with Gasteiger partial charge in [0.05, 0.1) is 19.2 Å². The zero-order chi connectivity index (χ0) is 23.0. The number of nitrogens with one attached hydrogen (secondary N) is 1. The van der Waals surface area contributed by atoms with Crippen LogP contribution in [0.4, 0.5) is 11.4 Å². The second-order valence-electron chi connectivity index (χ2n) is 7.81. The number of anilines is 2. The van der Waals surface area contributed by atoms with Crippen LogP contribution in [-0.2, 0) is 6.54 Å². The standard InChI is InChI=1S/C26H28N4O3/c1-33-24-13-11-23(12-14-24)29-15-17-30(18-16-29)26(27-19-20-5-3-2-4-6-20)28-22-9-7-21(8-10-22)25(31)32/h2-14H,15-19H2,1H3,(H,27,28)(H,31,32). The molecular formula is C26H28N4O3. The summed E-state index contributed by atoms with van der Waals surface area (Å²) < 4.78 is 5.26. The molecule has 3 aromatic carbocycles. The Morgan fingerprint density at radius 3 is 2.21 bits per heavy atom. The molecule has 0 unspecified atom stereocenters. The molecule has 0 atom stereocenters. The number of aliphatic imine (C=N–C) groups is 1. The third-order valence-electron chi connectivity index (χ3n) is 5.66. The third-order valence-corrected chi connectivity index (χ3v) is 5.66. The zero-order valence-electron chi connectivity index (χ0n) is 18.6. The lowest BCUT2D eigenvalue weighted by molar-refractivity contribution is 0.0697. The fraction of sp³-hybridized carbons (Fsp3) is 0.231. The number of hydrogen-bond donors (Lipinski definition) is 2. The first-order chi connectivity index (χ1) is 16.1. The fourth-order valence-electron chi connectivity index (χ4n) is 3.76. The number of hydrogen-bond acceptors (Lipinski definition) is 4. The van der Waals surface area contributed by atoms with Gasteiger partial charge < -0.3 is 25.0 Å². The lowest BCUT2D eigenvalue weighted by atomic mass is 10.2. The third kappa shape index (κ3) is 5.83. The summed E-state index contributed by atoms with van der Waals surface area (Å²) in [6.45, 7) is 3.95. The van der Waals surface area contributed by atoms with Gasteiger partial charge in [-0.15, -0.1) is 0 Å². The molecule has 1 fully saturated rings. The molecule has 0 amide bonds. The lowest BCUT2D eigenvalue weighted by Gasteiger charge is -2.37. The normalized spacial score (nSPS) is 14.2. The molecule has 1 aliphatic rings. The number of guanidine groups is 1. The maximum atomic E-state index is 11.2. The van der Waals surface area contributed by atoms with E-state index in [0.717, 1.165) is 49.1 Å². The largest absolute Gasteiger partial charge is 0.497 e. The van der Waals surface area contributed by atoms with Gasteiger partial charge in [0.1, 0.15) is 5.75 Å². The van der Waals surface area contributed by atoms with Crippen LogP contribution in [0.1, 0.15) is 15.9 Å². The minimum absolute atomic E-state index is 0.261. The van der Waals surface area contributed by atoms with E-state index in [1.807, 2.05) is 30.3 Å². The highest BCUT2D eigenvalue weighted by Gasteiger charge is 2.20. The maximum Gasteiger partial charge on any atom is 0.335 e. The minimum Gasteiger partial charge on any atom is -0.497 e. The molecule has 4 rings (SSSR count). The van der Waals surface area contributed by atoms with Gasteiger partial charge in [0.25, 0.3) is 0 Å². The minimum atomic E-state index is -0.936. The Kier molecular flexibility index (Phi) is 7.09. The SMILES string of the molecule is COc1ccc(N2CCN(C(=NCc3ccccc3)Nc3ccc(C(=O)O)cc3)CC2)cc1. The van der Waals surface area contributed by atoms with E-state index in [1.54, 1.807) is 31.4 Å². The van der Waals surface area contributed by atoms with Crippen molar-refractivity contribution in [2.24, 2.45) is 4.99 Å². The number of piperazine rings is 1. The molecule has 0 bridgehead atoms. The van der Waals surface area contributed by atoms with E-state index in [-0.39, 0.29) is 5.56 Å². The van der Waals surface area contributed by atoms with Crippen LogP contribution < -0.4 is 15.0 Å². The van der Waals surface area contributed by atoms with E-state index in [9.17, 15) is 4.79 Å². The van der Waals surface area contributed by atoms with Crippen LogP contribution in [0.5, 0.6) is 5.75 Å². The summed E-state index contributed by atoms with van der Waals surface area (Å²) in [5.74, 6) is 0.705. The van der Waals surface area contributed by atoms with Gasteiger partial charge in [0, 0.05) is 37.6 Å². The second kappa shape index (κ2) is 10.5. The fourth-order valence-corrected chi connectivity index (χ4v) is 3.76. The van der Waals surface area contributed by atoms with Crippen LogP contribution in [0.2, 0.25) is 0 Å². The van der Waals surface area contributed by atoms with Crippen molar-refractivity contribution in [1.82, 2.24) is 4.90 Å². The number of nitrogens with zero attached hydrogens (tertiary/aromatic N) is 3. The van der Waals surface area contributed by atoms with Crippen molar-refractivity contribution in [3.05, 3.63) is 90.0 Å². The van der Waals surface area contributed by atoms with Gasteiger partial charge in [-0.3, -0.25) is 0 Å². The Bertz CT molecular complexity index is 1070. The van der Waals surface area contributed by atoms with Crippen LogP contribution in [0.15, 0.2) is 83.9 Å². The van der Waals surface area contributed by atoms with Crippen molar-refractivity contribution in [2.75, 3.05) is 43.5 Å². The topological polar surface area (TPSA) is 77.4 Å². The molecule has 170 valence electrons. The molecule has 3 aromatic rings. The number of carbonyl (C=O) groups is 1. The van der Waals surface area contributed by atoms with E-state index >= 15 is 0 Å². The van der Waals surface area contributed by atoms with Crippen LogP contribution in [-0.4, -0.2) is 55.2 Å². The van der Waals surface area contributed by atoms with E-state index in [0.29, 0.717) is 6.54 Å². The van der Waals surface area contributed by atoms with Crippen molar-refractivity contribution >= 4 is 23.3 Å². The summed E-state index contributed by atoms with van der Waals surface area (Å²) in [6.07, 6.45) is 0. The van der Waals surface area contributed by atoms with Gasteiger partial charge >= 0.3 is 5.97 Å². The van der Waals surface area contributed by atoms with Gasteiger partial charge in [-0.1, -0.05) is 30.3 Å². The number of carboxylic acid groups (broad SMARTS) is 1. The van der Waals surface area contributed by atoms with Crippen molar-refractivity contribution in [3.63, 3.8) is 0 Å². The Hall–Kier alpha value is -4.00. The van der Waals surface area contributed by atoms with Crippen LogP contribution >= 0.6 is 0 Å². The molecule has 7 nitrogen and oxygen atoms in total. The number of benzene rings is 3.